The maximum Gasteiger partial charge on any atom is 0.143 e. The fourth-order valence-electron chi connectivity index (χ4n) is 8.78. The molecule has 0 saturated heterocycles. The largest absolute Gasteiger partial charge is 0.455 e. The van der Waals surface area contributed by atoms with Crippen LogP contribution in [0.4, 0.5) is 17.1 Å². The van der Waals surface area contributed by atoms with Gasteiger partial charge in [-0.05, 0) is 99.4 Å². The van der Waals surface area contributed by atoms with Gasteiger partial charge < -0.3 is 9.32 Å². The number of fused-ring (bicyclic) bond motifs is 11. The smallest absolute Gasteiger partial charge is 0.143 e. The van der Waals surface area contributed by atoms with Crippen molar-refractivity contribution in [1.82, 2.24) is 0 Å². The Labute approximate surface area is 305 Å². The van der Waals surface area contributed by atoms with Crippen LogP contribution < -0.4 is 4.90 Å². The molecule has 8 aromatic carbocycles. The lowest BCUT2D eigenvalue weighted by molar-refractivity contribution is 0.660. The van der Waals surface area contributed by atoms with E-state index in [9.17, 15) is 0 Å². The summed E-state index contributed by atoms with van der Waals surface area (Å²) in [5.74, 6) is 0. The Balaban J connectivity index is 1.18. The van der Waals surface area contributed by atoms with Gasteiger partial charge in [0.1, 0.15) is 11.2 Å². The number of nitrogens with zero attached hydrogens (tertiary/aromatic N) is 1. The van der Waals surface area contributed by atoms with Crippen molar-refractivity contribution in [3.63, 3.8) is 0 Å². The zero-order valence-corrected chi connectivity index (χ0v) is 29.7. The van der Waals surface area contributed by atoms with E-state index in [0.717, 1.165) is 44.4 Å². The lowest BCUT2D eigenvalue weighted by atomic mass is 9.82. The van der Waals surface area contributed by atoms with Gasteiger partial charge in [0, 0.05) is 47.7 Å². The van der Waals surface area contributed by atoms with E-state index in [1.165, 1.54) is 58.9 Å². The van der Waals surface area contributed by atoms with E-state index >= 15 is 0 Å². The van der Waals surface area contributed by atoms with Crippen LogP contribution >= 0.6 is 11.3 Å². The highest BCUT2D eigenvalue weighted by molar-refractivity contribution is 7.25. The zero-order valence-electron chi connectivity index (χ0n) is 28.9. The first-order valence-corrected chi connectivity index (χ1v) is 18.7. The zero-order chi connectivity index (χ0) is 34.6. The third-order valence-electron chi connectivity index (χ3n) is 11.2. The number of rotatable bonds is 4. The van der Waals surface area contributed by atoms with Gasteiger partial charge >= 0.3 is 0 Å². The fourth-order valence-corrected chi connectivity index (χ4v) is 9.87. The molecule has 2 nitrogen and oxygen atoms in total. The minimum atomic E-state index is -0.110. The van der Waals surface area contributed by atoms with Gasteiger partial charge in [-0.2, -0.15) is 0 Å². The summed E-state index contributed by atoms with van der Waals surface area (Å²) in [7, 11) is 0. The molecule has 0 spiro atoms. The summed E-state index contributed by atoms with van der Waals surface area (Å²) < 4.78 is 9.49. The molecule has 0 amide bonds. The summed E-state index contributed by atoms with van der Waals surface area (Å²) in [5, 5.41) is 7.15. The van der Waals surface area contributed by atoms with Gasteiger partial charge in [0.15, 0.2) is 0 Å². The van der Waals surface area contributed by atoms with E-state index in [4.69, 9.17) is 4.42 Å². The summed E-state index contributed by atoms with van der Waals surface area (Å²) in [6.45, 7) is 4.70. The molecule has 0 fully saturated rings. The van der Waals surface area contributed by atoms with Crippen molar-refractivity contribution in [3.8, 4) is 22.3 Å². The molecule has 0 aliphatic heterocycles. The first kappa shape index (κ1) is 29.6. The van der Waals surface area contributed by atoms with Gasteiger partial charge in [0.2, 0.25) is 0 Å². The maximum atomic E-state index is 6.86. The third kappa shape index (κ3) is 4.17. The SMILES string of the molecule is CC1(C)c2ccccc2-c2ccc(N(c3ccccc3)c3cccc4oc5c6ccccc6c(-c6ccc7sc8ccccc8c7c6)cc5c34)cc21. The maximum absolute atomic E-state index is 6.86. The predicted octanol–water partition coefficient (Wildman–Crippen LogP) is 14.6. The lowest BCUT2D eigenvalue weighted by Gasteiger charge is -2.28. The average Bonchev–Trinajstić information content (AvgIpc) is 3.83. The number of thiophene rings is 1. The van der Waals surface area contributed by atoms with Crippen LogP contribution in [-0.4, -0.2) is 0 Å². The summed E-state index contributed by atoms with van der Waals surface area (Å²) in [4.78, 5) is 2.41. The predicted molar refractivity (Wildman–Crippen MR) is 222 cm³/mol. The molecule has 1 aliphatic carbocycles. The molecule has 0 N–H and O–H groups in total. The molecule has 10 aromatic rings. The molecule has 0 atom stereocenters. The minimum Gasteiger partial charge on any atom is -0.455 e. The van der Waals surface area contributed by atoms with Crippen molar-refractivity contribution in [1.29, 1.82) is 0 Å². The highest BCUT2D eigenvalue weighted by Gasteiger charge is 2.36. The number of benzene rings is 8. The molecule has 52 heavy (non-hydrogen) atoms. The van der Waals surface area contributed by atoms with E-state index in [1.54, 1.807) is 0 Å². The van der Waals surface area contributed by atoms with Gasteiger partial charge in [0.25, 0.3) is 0 Å². The molecule has 0 saturated carbocycles. The first-order valence-electron chi connectivity index (χ1n) is 17.9. The molecule has 3 heteroatoms. The van der Waals surface area contributed by atoms with Crippen LogP contribution in [0.3, 0.4) is 0 Å². The van der Waals surface area contributed by atoms with Crippen molar-refractivity contribution in [2.75, 3.05) is 4.90 Å². The number of hydrogen-bond donors (Lipinski definition) is 0. The van der Waals surface area contributed by atoms with Gasteiger partial charge in [-0.3, -0.25) is 0 Å². The van der Waals surface area contributed by atoms with Gasteiger partial charge in [-0.15, -0.1) is 11.3 Å². The molecule has 0 unspecified atom stereocenters. The van der Waals surface area contributed by atoms with E-state index in [0.29, 0.717) is 0 Å². The highest BCUT2D eigenvalue weighted by Crippen LogP contribution is 2.52. The van der Waals surface area contributed by atoms with Crippen molar-refractivity contribution in [2.45, 2.75) is 19.3 Å². The lowest BCUT2D eigenvalue weighted by Crippen LogP contribution is -2.16. The molecule has 1 aliphatic rings. The Morgan fingerprint density at radius 3 is 2.10 bits per heavy atom. The second-order valence-corrected chi connectivity index (χ2v) is 15.6. The van der Waals surface area contributed by atoms with Crippen LogP contribution in [0.1, 0.15) is 25.0 Å². The Morgan fingerprint density at radius 1 is 0.481 bits per heavy atom. The number of anilines is 3. The van der Waals surface area contributed by atoms with Crippen molar-refractivity contribution in [2.24, 2.45) is 0 Å². The normalized spacial score (nSPS) is 13.3. The Morgan fingerprint density at radius 2 is 1.21 bits per heavy atom. The van der Waals surface area contributed by atoms with Crippen molar-refractivity contribution >= 4 is 81.3 Å². The van der Waals surface area contributed by atoms with Crippen molar-refractivity contribution < 1.29 is 4.42 Å². The Bertz CT molecular complexity index is 3060. The van der Waals surface area contributed by atoms with E-state index in [2.05, 4.69) is 183 Å². The number of hydrogen-bond acceptors (Lipinski definition) is 3. The van der Waals surface area contributed by atoms with E-state index in [1.807, 2.05) is 11.3 Å². The topological polar surface area (TPSA) is 16.4 Å². The second kappa shape index (κ2) is 10.9. The van der Waals surface area contributed by atoms with Crippen molar-refractivity contribution in [3.05, 3.63) is 175 Å². The second-order valence-electron chi connectivity index (χ2n) is 14.5. The number of furan rings is 1. The first-order chi connectivity index (χ1) is 25.5. The number of para-hydroxylation sites is 1. The van der Waals surface area contributed by atoms with Gasteiger partial charge in [-0.1, -0.05) is 117 Å². The molecular weight excluding hydrogens is 651 g/mol. The highest BCUT2D eigenvalue weighted by atomic mass is 32.1. The third-order valence-corrected chi connectivity index (χ3v) is 12.4. The molecule has 11 rings (SSSR count). The van der Waals surface area contributed by atoms with Crippen LogP contribution in [0.5, 0.6) is 0 Å². The van der Waals surface area contributed by atoms with E-state index < -0.39 is 0 Å². The van der Waals surface area contributed by atoms with Crippen LogP contribution in [0.15, 0.2) is 168 Å². The van der Waals surface area contributed by atoms with Crippen LogP contribution in [0, 0.1) is 0 Å². The minimum absolute atomic E-state index is 0.110. The molecule has 0 radical (unpaired) electrons. The Kier molecular flexibility index (Phi) is 6.21. The average molecular weight is 684 g/mol. The van der Waals surface area contributed by atoms with E-state index in [-0.39, 0.29) is 5.41 Å². The molecule has 2 aromatic heterocycles. The molecule has 0 bridgehead atoms. The standard InChI is InChI=1S/C49H33NOS/c1-49(2)41-19-10-8-16-34(41)35-25-24-32(28-42(35)49)50(31-13-4-3-5-14-31)43-20-12-21-44-47(43)40-29-38(33-15-6-7-18-37(33)48(40)51-44)30-23-26-46-39(27-30)36-17-9-11-22-45(36)52-46/h3-29H,1-2H3. The summed E-state index contributed by atoms with van der Waals surface area (Å²) in [6, 6.07) is 59.8. The van der Waals surface area contributed by atoms with Crippen LogP contribution in [0.25, 0.3) is 75.1 Å². The summed E-state index contributed by atoms with van der Waals surface area (Å²) >= 11 is 1.86. The van der Waals surface area contributed by atoms with Gasteiger partial charge in [-0.25, -0.2) is 0 Å². The van der Waals surface area contributed by atoms with Crippen LogP contribution in [-0.2, 0) is 5.41 Å². The summed E-state index contributed by atoms with van der Waals surface area (Å²) in [6.07, 6.45) is 0. The molecule has 246 valence electrons. The fraction of sp³-hybridized carbons (Fsp3) is 0.0612. The summed E-state index contributed by atoms with van der Waals surface area (Å²) in [5.41, 5.74) is 12.8. The van der Waals surface area contributed by atoms with Crippen LogP contribution in [0.2, 0.25) is 0 Å². The molecular formula is C49H33NOS. The molecule has 2 heterocycles. The van der Waals surface area contributed by atoms with Gasteiger partial charge in [0.05, 0.1) is 11.1 Å². The quantitative estimate of drug-likeness (QED) is 0.184. The Hall–Kier alpha value is -6.16. The monoisotopic (exact) mass is 683 g/mol.